The van der Waals surface area contributed by atoms with Crippen molar-refractivity contribution in [1.82, 2.24) is 10.6 Å². The minimum Gasteiger partial charge on any atom is -0.444 e. The van der Waals surface area contributed by atoms with Crippen LogP contribution in [-0.4, -0.2) is 36.5 Å². The van der Waals surface area contributed by atoms with Crippen molar-refractivity contribution in [1.29, 1.82) is 0 Å². The van der Waals surface area contributed by atoms with Crippen LogP contribution in [0.2, 0.25) is 0 Å². The Labute approximate surface area is 97.9 Å². The topological polar surface area (TPSA) is 50.4 Å². The summed E-state index contributed by atoms with van der Waals surface area (Å²) in [5.74, 6) is 0. The maximum absolute atomic E-state index is 12.9. The van der Waals surface area contributed by atoms with E-state index in [0.29, 0.717) is 0 Å². The second-order valence-corrected chi connectivity index (χ2v) is 5.13. The highest BCUT2D eigenvalue weighted by Gasteiger charge is 2.57. The first-order valence-corrected chi connectivity index (χ1v) is 5.34. The summed E-state index contributed by atoms with van der Waals surface area (Å²) in [6.07, 6.45) is -5.72. The molecule has 0 aromatic rings. The van der Waals surface area contributed by atoms with Gasteiger partial charge in [0.15, 0.2) is 5.54 Å². The van der Waals surface area contributed by atoms with E-state index < -0.39 is 23.4 Å². The number of hydrogen-bond acceptors (Lipinski definition) is 3. The number of amides is 1. The molecule has 0 radical (unpaired) electrons. The third-order valence-electron chi connectivity index (χ3n) is 2.44. The third kappa shape index (κ3) is 3.49. The molecule has 1 heterocycles. The number of halogens is 3. The van der Waals surface area contributed by atoms with E-state index in [2.05, 4.69) is 5.32 Å². The van der Waals surface area contributed by atoms with E-state index in [1.807, 2.05) is 5.32 Å². The van der Waals surface area contributed by atoms with E-state index in [0.717, 1.165) is 0 Å². The molecule has 1 saturated heterocycles. The van der Waals surface area contributed by atoms with Crippen LogP contribution in [0.3, 0.4) is 0 Å². The average molecular weight is 254 g/mol. The summed E-state index contributed by atoms with van der Waals surface area (Å²) in [4.78, 5) is 11.4. The number of carbonyl (C=O) groups is 1. The Bertz CT molecular complexity index is 291. The first kappa shape index (κ1) is 14.1. The molecule has 7 heteroatoms. The molecule has 1 atom stereocenters. The summed E-state index contributed by atoms with van der Waals surface area (Å²) >= 11 is 0. The fraction of sp³-hybridized carbons (Fsp3) is 0.900. The highest BCUT2D eigenvalue weighted by atomic mass is 19.4. The van der Waals surface area contributed by atoms with Crippen molar-refractivity contribution in [3.63, 3.8) is 0 Å². The van der Waals surface area contributed by atoms with E-state index >= 15 is 0 Å². The minimum absolute atomic E-state index is 0.185. The third-order valence-corrected chi connectivity index (χ3v) is 2.44. The Morgan fingerprint density at radius 1 is 1.35 bits per heavy atom. The molecule has 0 saturated carbocycles. The molecule has 0 spiro atoms. The van der Waals surface area contributed by atoms with E-state index in [1.54, 1.807) is 20.8 Å². The summed E-state index contributed by atoms with van der Waals surface area (Å²) in [7, 11) is 0. The van der Waals surface area contributed by atoms with Crippen molar-refractivity contribution >= 4 is 6.09 Å². The number of alkyl halides is 3. The minimum atomic E-state index is -4.49. The lowest BCUT2D eigenvalue weighted by atomic mass is 9.98. The van der Waals surface area contributed by atoms with Crippen LogP contribution in [0.4, 0.5) is 18.0 Å². The molecule has 100 valence electrons. The van der Waals surface area contributed by atoms with E-state index in [9.17, 15) is 18.0 Å². The number of alkyl carbamates (subject to hydrolysis) is 1. The van der Waals surface area contributed by atoms with Crippen LogP contribution >= 0.6 is 0 Å². The smallest absolute Gasteiger partial charge is 0.412 e. The number of nitrogens with one attached hydrogen (secondary N) is 2. The normalized spacial score (nSPS) is 25.8. The number of carbonyl (C=O) groups excluding carboxylic acids is 1. The molecule has 1 rings (SSSR count). The maximum Gasteiger partial charge on any atom is 0.412 e. The van der Waals surface area contributed by atoms with Crippen molar-refractivity contribution < 1.29 is 22.7 Å². The molecular formula is C10H17F3N2O2. The molecule has 0 aliphatic carbocycles. The first-order chi connectivity index (χ1) is 7.56. The van der Waals surface area contributed by atoms with Crippen LogP contribution in [0.25, 0.3) is 0 Å². The molecule has 4 nitrogen and oxygen atoms in total. The maximum atomic E-state index is 12.9. The fourth-order valence-electron chi connectivity index (χ4n) is 1.61. The van der Waals surface area contributed by atoms with Crippen molar-refractivity contribution in [3.05, 3.63) is 0 Å². The Morgan fingerprint density at radius 3 is 2.29 bits per heavy atom. The predicted molar refractivity (Wildman–Crippen MR) is 55.6 cm³/mol. The molecule has 1 fully saturated rings. The van der Waals surface area contributed by atoms with E-state index in [4.69, 9.17) is 4.74 Å². The Kier molecular flexibility index (Phi) is 3.61. The highest BCUT2D eigenvalue weighted by molar-refractivity contribution is 5.69. The van der Waals surface area contributed by atoms with Crippen LogP contribution in [0, 0.1) is 0 Å². The zero-order valence-electron chi connectivity index (χ0n) is 10.1. The summed E-state index contributed by atoms with van der Waals surface area (Å²) in [6, 6.07) is 0. The van der Waals surface area contributed by atoms with Crippen LogP contribution < -0.4 is 10.6 Å². The Balaban J connectivity index is 2.72. The second-order valence-electron chi connectivity index (χ2n) is 5.13. The highest BCUT2D eigenvalue weighted by Crippen LogP contribution is 2.35. The monoisotopic (exact) mass is 254 g/mol. The molecule has 0 bridgehead atoms. The lowest BCUT2D eigenvalue weighted by Gasteiger charge is -2.32. The van der Waals surface area contributed by atoms with Gasteiger partial charge in [0.2, 0.25) is 0 Å². The summed E-state index contributed by atoms with van der Waals surface area (Å²) in [6.45, 7) is 4.68. The zero-order chi connectivity index (χ0) is 13.3. The van der Waals surface area contributed by atoms with Gasteiger partial charge in [0.25, 0.3) is 0 Å². The van der Waals surface area contributed by atoms with Crippen molar-refractivity contribution in [2.24, 2.45) is 0 Å². The SMILES string of the molecule is CC(C)(C)OC(=O)N[C@]1(C(F)(F)F)CCNC1. The van der Waals surface area contributed by atoms with Gasteiger partial charge in [0, 0.05) is 6.54 Å². The predicted octanol–water partition coefficient (Wildman–Crippen LogP) is 1.81. The average Bonchev–Trinajstić information content (AvgIpc) is 2.48. The Morgan fingerprint density at radius 2 is 1.94 bits per heavy atom. The van der Waals surface area contributed by atoms with Gasteiger partial charge in [-0.15, -0.1) is 0 Å². The first-order valence-electron chi connectivity index (χ1n) is 5.34. The van der Waals surface area contributed by atoms with Gasteiger partial charge in [-0.3, -0.25) is 0 Å². The summed E-state index contributed by atoms with van der Waals surface area (Å²) in [5.41, 5.74) is -3.03. The second kappa shape index (κ2) is 4.36. The zero-order valence-corrected chi connectivity index (χ0v) is 10.1. The lowest BCUT2D eigenvalue weighted by molar-refractivity contribution is -0.189. The lowest BCUT2D eigenvalue weighted by Crippen LogP contribution is -2.60. The van der Waals surface area contributed by atoms with Gasteiger partial charge in [-0.1, -0.05) is 0 Å². The van der Waals surface area contributed by atoms with E-state index in [1.165, 1.54) is 0 Å². The van der Waals surface area contributed by atoms with Crippen molar-refractivity contribution in [2.75, 3.05) is 13.1 Å². The molecule has 17 heavy (non-hydrogen) atoms. The van der Waals surface area contributed by atoms with E-state index in [-0.39, 0.29) is 19.5 Å². The van der Waals surface area contributed by atoms with Gasteiger partial charge in [-0.2, -0.15) is 13.2 Å². The van der Waals surface area contributed by atoms with Gasteiger partial charge in [-0.25, -0.2) is 4.79 Å². The standard InChI is InChI=1S/C10H17F3N2O2/c1-8(2,3)17-7(16)15-9(10(11,12)13)4-5-14-6-9/h14H,4-6H2,1-3H3,(H,15,16)/t9-/m1/s1. The van der Waals surface area contributed by atoms with Gasteiger partial charge in [-0.05, 0) is 33.7 Å². The van der Waals surface area contributed by atoms with Crippen LogP contribution in [0.1, 0.15) is 27.2 Å². The van der Waals surface area contributed by atoms with Gasteiger partial charge >= 0.3 is 12.3 Å². The number of rotatable bonds is 1. The molecule has 1 aliphatic heterocycles. The van der Waals surface area contributed by atoms with Crippen molar-refractivity contribution in [2.45, 2.75) is 44.5 Å². The number of ether oxygens (including phenoxy) is 1. The molecule has 0 aromatic heterocycles. The van der Waals surface area contributed by atoms with Crippen LogP contribution in [0.15, 0.2) is 0 Å². The fourth-order valence-corrected chi connectivity index (χ4v) is 1.61. The van der Waals surface area contributed by atoms with Crippen LogP contribution in [-0.2, 0) is 4.74 Å². The molecule has 1 aliphatic rings. The molecular weight excluding hydrogens is 237 g/mol. The molecule has 0 aromatic carbocycles. The largest absolute Gasteiger partial charge is 0.444 e. The number of hydrogen-bond donors (Lipinski definition) is 2. The van der Waals surface area contributed by atoms with Crippen LogP contribution in [0.5, 0.6) is 0 Å². The molecule has 1 amide bonds. The molecule has 0 unspecified atom stereocenters. The van der Waals surface area contributed by atoms with Gasteiger partial charge in [0.1, 0.15) is 5.60 Å². The summed E-state index contributed by atoms with van der Waals surface area (Å²) < 4.78 is 43.5. The quantitative estimate of drug-likeness (QED) is 0.750. The van der Waals surface area contributed by atoms with Crippen molar-refractivity contribution in [3.8, 4) is 0 Å². The summed E-state index contributed by atoms with van der Waals surface area (Å²) in [5, 5.41) is 4.54. The van der Waals surface area contributed by atoms with Gasteiger partial charge < -0.3 is 15.4 Å². The Hall–Kier alpha value is -0.980. The molecule has 2 N–H and O–H groups in total. The van der Waals surface area contributed by atoms with Gasteiger partial charge in [0.05, 0.1) is 0 Å².